The first-order valence-corrected chi connectivity index (χ1v) is 8.86. The maximum Gasteiger partial charge on any atom is 0.163 e. The van der Waals surface area contributed by atoms with E-state index in [1.54, 1.807) is 0 Å². The normalized spacial score (nSPS) is 13.4. The summed E-state index contributed by atoms with van der Waals surface area (Å²) in [5.74, 6) is 2.53. The molecule has 0 unspecified atom stereocenters. The Bertz CT molecular complexity index is 814. The fourth-order valence-corrected chi connectivity index (χ4v) is 2.74. The first-order valence-electron chi connectivity index (χ1n) is 8.86. The highest BCUT2D eigenvalue weighted by molar-refractivity contribution is 5.61. The van der Waals surface area contributed by atoms with Crippen molar-refractivity contribution in [2.75, 3.05) is 17.2 Å². The minimum absolute atomic E-state index is 0.565. The predicted molar refractivity (Wildman–Crippen MR) is 103 cm³/mol. The molecule has 0 spiro atoms. The van der Waals surface area contributed by atoms with Crippen molar-refractivity contribution in [1.82, 2.24) is 9.97 Å². The fraction of sp³-hybridized carbons (Fsp3) is 0.238. The van der Waals surface area contributed by atoms with E-state index in [4.69, 9.17) is 4.98 Å². The Kier molecular flexibility index (Phi) is 4.59. The van der Waals surface area contributed by atoms with Crippen molar-refractivity contribution in [1.29, 1.82) is 0 Å². The van der Waals surface area contributed by atoms with E-state index in [2.05, 4.69) is 39.9 Å². The molecule has 4 heteroatoms. The molecule has 25 heavy (non-hydrogen) atoms. The van der Waals surface area contributed by atoms with Crippen molar-refractivity contribution in [2.24, 2.45) is 0 Å². The van der Waals surface area contributed by atoms with Crippen LogP contribution in [0.2, 0.25) is 0 Å². The Labute approximate surface area is 148 Å². The first-order chi connectivity index (χ1) is 12.4. The van der Waals surface area contributed by atoms with Gasteiger partial charge in [0, 0.05) is 24.2 Å². The summed E-state index contributed by atoms with van der Waals surface area (Å²) >= 11 is 0. The molecule has 4 nitrogen and oxygen atoms in total. The Hall–Kier alpha value is -2.88. The third-order valence-corrected chi connectivity index (χ3v) is 4.25. The van der Waals surface area contributed by atoms with E-state index in [1.807, 2.05) is 42.5 Å². The lowest BCUT2D eigenvalue weighted by molar-refractivity contribution is 0.998. The minimum atomic E-state index is 0.565. The van der Waals surface area contributed by atoms with Gasteiger partial charge in [-0.15, -0.1) is 0 Å². The number of nitrogens with one attached hydrogen (secondary N) is 2. The number of aromatic nitrogens is 2. The summed E-state index contributed by atoms with van der Waals surface area (Å²) in [4.78, 5) is 9.39. The summed E-state index contributed by atoms with van der Waals surface area (Å²) in [7, 11) is 0. The van der Waals surface area contributed by atoms with Crippen LogP contribution in [0.4, 0.5) is 11.6 Å². The molecule has 126 valence electrons. The molecule has 1 aliphatic carbocycles. The number of hydrogen-bond acceptors (Lipinski definition) is 4. The first kappa shape index (κ1) is 15.6. The zero-order chi connectivity index (χ0) is 16.9. The molecule has 0 radical (unpaired) electrons. The molecule has 1 fully saturated rings. The zero-order valence-electron chi connectivity index (χ0n) is 14.2. The lowest BCUT2D eigenvalue weighted by Gasteiger charge is -2.11. The molecule has 0 aliphatic heterocycles. The molecule has 0 atom stereocenters. The van der Waals surface area contributed by atoms with Crippen molar-refractivity contribution in [2.45, 2.75) is 25.3 Å². The van der Waals surface area contributed by atoms with E-state index in [1.165, 1.54) is 18.4 Å². The molecule has 4 rings (SSSR count). The highest BCUT2D eigenvalue weighted by Crippen LogP contribution is 2.26. The van der Waals surface area contributed by atoms with Crippen LogP contribution in [0.25, 0.3) is 11.4 Å². The van der Waals surface area contributed by atoms with Crippen LogP contribution in [-0.2, 0) is 6.42 Å². The smallest absolute Gasteiger partial charge is 0.163 e. The summed E-state index contributed by atoms with van der Waals surface area (Å²) in [5.41, 5.74) is 2.36. The summed E-state index contributed by atoms with van der Waals surface area (Å²) in [6.45, 7) is 0.845. The van der Waals surface area contributed by atoms with Crippen molar-refractivity contribution in [3.05, 3.63) is 72.3 Å². The van der Waals surface area contributed by atoms with Crippen LogP contribution in [0.3, 0.4) is 0 Å². The lowest BCUT2D eigenvalue weighted by atomic mass is 10.1. The van der Waals surface area contributed by atoms with Crippen molar-refractivity contribution in [3.63, 3.8) is 0 Å². The quantitative estimate of drug-likeness (QED) is 0.675. The van der Waals surface area contributed by atoms with Crippen molar-refractivity contribution < 1.29 is 0 Å². The van der Waals surface area contributed by atoms with Gasteiger partial charge in [-0.05, 0) is 24.8 Å². The van der Waals surface area contributed by atoms with E-state index in [0.29, 0.717) is 6.04 Å². The average Bonchev–Trinajstić information content (AvgIpc) is 3.47. The van der Waals surface area contributed by atoms with Gasteiger partial charge in [0.2, 0.25) is 0 Å². The van der Waals surface area contributed by atoms with E-state index in [0.717, 1.165) is 36.0 Å². The van der Waals surface area contributed by atoms with Gasteiger partial charge in [0.25, 0.3) is 0 Å². The molecule has 0 amide bonds. The van der Waals surface area contributed by atoms with Gasteiger partial charge in [-0.25, -0.2) is 9.97 Å². The van der Waals surface area contributed by atoms with Crippen LogP contribution in [0, 0.1) is 0 Å². The van der Waals surface area contributed by atoms with Gasteiger partial charge in [-0.1, -0.05) is 60.7 Å². The van der Waals surface area contributed by atoms with Crippen molar-refractivity contribution in [3.8, 4) is 11.4 Å². The molecule has 2 N–H and O–H groups in total. The van der Waals surface area contributed by atoms with Gasteiger partial charge in [0.1, 0.15) is 11.6 Å². The lowest BCUT2D eigenvalue weighted by Crippen LogP contribution is -2.10. The molecular weight excluding hydrogens is 308 g/mol. The average molecular weight is 330 g/mol. The number of rotatable bonds is 7. The highest BCUT2D eigenvalue weighted by atomic mass is 15.1. The number of hydrogen-bond donors (Lipinski definition) is 2. The molecule has 3 aromatic rings. The monoisotopic (exact) mass is 330 g/mol. The second-order valence-electron chi connectivity index (χ2n) is 6.41. The second kappa shape index (κ2) is 7.34. The molecule has 1 aromatic heterocycles. The van der Waals surface area contributed by atoms with Crippen LogP contribution in [0.1, 0.15) is 18.4 Å². The maximum atomic E-state index is 4.70. The number of benzene rings is 2. The fourth-order valence-electron chi connectivity index (χ4n) is 2.74. The summed E-state index contributed by atoms with van der Waals surface area (Å²) < 4.78 is 0. The Morgan fingerprint density at radius 3 is 2.24 bits per heavy atom. The molecule has 0 bridgehead atoms. The Morgan fingerprint density at radius 1 is 0.840 bits per heavy atom. The SMILES string of the molecule is c1ccc(CCNc2cc(NC3CC3)nc(-c3ccccc3)n2)cc1. The summed E-state index contributed by atoms with van der Waals surface area (Å²) in [6, 6.07) is 23.2. The van der Waals surface area contributed by atoms with Gasteiger partial charge in [-0.3, -0.25) is 0 Å². The van der Waals surface area contributed by atoms with E-state index < -0.39 is 0 Å². The van der Waals surface area contributed by atoms with Gasteiger partial charge in [0.15, 0.2) is 5.82 Å². The van der Waals surface area contributed by atoms with Crippen molar-refractivity contribution >= 4 is 11.6 Å². The highest BCUT2D eigenvalue weighted by Gasteiger charge is 2.22. The summed E-state index contributed by atoms with van der Waals surface area (Å²) in [5, 5.41) is 6.93. The van der Waals surface area contributed by atoms with Gasteiger partial charge in [0.05, 0.1) is 0 Å². The van der Waals surface area contributed by atoms with Crippen LogP contribution in [0.15, 0.2) is 66.7 Å². The largest absolute Gasteiger partial charge is 0.370 e. The molecule has 1 saturated carbocycles. The van der Waals surface area contributed by atoms with Crippen LogP contribution in [-0.4, -0.2) is 22.6 Å². The molecule has 1 heterocycles. The van der Waals surface area contributed by atoms with Crippen LogP contribution < -0.4 is 10.6 Å². The van der Waals surface area contributed by atoms with E-state index >= 15 is 0 Å². The van der Waals surface area contributed by atoms with E-state index in [-0.39, 0.29) is 0 Å². The number of nitrogens with zero attached hydrogens (tertiary/aromatic N) is 2. The molecule has 1 aliphatic rings. The van der Waals surface area contributed by atoms with Gasteiger partial charge < -0.3 is 10.6 Å². The van der Waals surface area contributed by atoms with E-state index in [9.17, 15) is 0 Å². The third-order valence-electron chi connectivity index (χ3n) is 4.25. The maximum absolute atomic E-state index is 4.70. The Balaban J connectivity index is 1.51. The van der Waals surface area contributed by atoms with Gasteiger partial charge >= 0.3 is 0 Å². The number of anilines is 2. The second-order valence-corrected chi connectivity index (χ2v) is 6.41. The molecule has 0 saturated heterocycles. The minimum Gasteiger partial charge on any atom is -0.370 e. The topological polar surface area (TPSA) is 49.8 Å². The Morgan fingerprint density at radius 2 is 1.52 bits per heavy atom. The summed E-state index contributed by atoms with van der Waals surface area (Å²) in [6.07, 6.45) is 3.42. The molecular formula is C21H22N4. The third kappa shape index (κ3) is 4.35. The predicted octanol–water partition coefficient (Wildman–Crippen LogP) is 4.37. The molecule has 2 aromatic carbocycles. The van der Waals surface area contributed by atoms with Crippen LogP contribution >= 0.6 is 0 Å². The van der Waals surface area contributed by atoms with Gasteiger partial charge in [-0.2, -0.15) is 0 Å². The zero-order valence-corrected chi connectivity index (χ0v) is 14.2. The standard InChI is InChI=1S/C21H22N4/c1-3-7-16(8-4-1)13-14-22-19-15-20(23-18-11-12-18)25-21(24-19)17-9-5-2-6-10-17/h1-10,15,18H,11-14H2,(H2,22,23,24,25). The van der Waals surface area contributed by atoms with Crippen LogP contribution in [0.5, 0.6) is 0 Å².